The molecule has 0 aliphatic carbocycles. The van der Waals surface area contributed by atoms with Gasteiger partial charge in [0.15, 0.2) is 0 Å². The molecule has 0 atom stereocenters. The van der Waals surface area contributed by atoms with Gasteiger partial charge in [0, 0.05) is 5.56 Å². The second-order valence-corrected chi connectivity index (χ2v) is 9.72. The number of benzene rings is 1. The van der Waals surface area contributed by atoms with Crippen molar-refractivity contribution in [1.82, 2.24) is 0 Å². The van der Waals surface area contributed by atoms with Gasteiger partial charge in [-0.15, -0.1) is 0 Å². The van der Waals surface area contributed by atoms with Crippen LogP contribution in [0.25, 0.3) is 0 Å². The van der Waals surface area contributed by atoms with Crippen LogP contribution in [0, 0.1) is 0 Å². The van der Waals surface area contributed by atoms with Crippen molar-refractivity contribution in [3.8, 4) is 0 Å². The summed E-state index contributed by atoms with van der Waals surface area (Å²) in [5.41, 5.74) is 5.53. The molecular weight excluding hydrogens is 431 g/mol. The van der Waals surface area contributed by atoms with Crippen LogP contribution in [-0.4, -0.2) is 5.91 Å². The van der Waals surface area contributed by atoms with E-state index in [0.29, 0.717) is 5.56 Å². The summed E-state index contributed by atoms with van der Waals surface area (Å²) < 4.78 is 0. The van der Waals surface area contributed by atoms with Crippen LogP contribution in [0.3, 0.4) is 0 Å². The van der Waals surface area contributed by atoms with Crippen molar-refractivity contribution in [1.29, 1.82) is 0 Å². The Morgan fingerprint density at radius 2 is 1.67 bits per heavy atom. The Balaban J connectivity index is 0.000000354. The molecule has 1 aromatic rings. The Kier molecular flexibility index (Phi) is 8.74. The van der Waals surface area contributed by atoms with Gasteiger partial charge in [-0.2, -0.15) is 0 Å². The molecule has 1 aromatic carbocycles. The van der Waals surface area contributed by atoms with Gasteiger partial charge in [0.25, 0.3) is 0 Å². The van der Waals surface area contributed by atoms with Crippen molar-refractivity contribution in [3.63, 3.8) is 0 Å². The Labute approximate surface area is 100 Å². The minimum absolute atomic E-state index is 0.379. The molecule has 0 heterocycles. The van der Waals surface area contributed by atoms with Crippen molar-refractivity contribution in [3.05, 3.63) is 35.9 Å². The molecule has 0 bridgehead atoms. The van der Waals surface area contributed by atoms with Gasteiger partial charge >= 0.3 is 49.1 Å². The molecule has 0 aliphatic heterocycles. The third-order valence-corrected chi connectivity index (χ3v) is 1.06. The molecule has 0 spiro atoms. The summed E-state index contributed by atoms with van der Waals surface area (Å²) >= 11 is 4.36. The van der Waals surface area contributed by atoms with Crippen LogP contribution in [-0.2, 0) is 8.46 Å². The standard InChI is InChI=1S/C7H7NO.Cu.2HI/c8-7(9)6-4-2-1-3-5-6;;;/h1-5H,(H2,8,9);;2*1H/q;+2;;/p-2. The first kappa shape index (κ1) is 12.7. The average molecular weight is 438 g/mol. The average Bonchev–Trinajstić information content (AvgIpc) is 2.07. The number of nitrogens with two attached hydrogens (primary N) is 1. The van der Waals surface area contributed by atoms with E-state index in [1.807, 2.05) is 6.07 Å². The molecule has 2 nitrogen and oxygen atoms in total. The monoisotopic (exact) mass is 438 g/mol. The summed E-state index contributed by atoms with van der Waals surface area (Å²) in [4.78, 5) is 10.4. The summed E-state index contributed by atoms with van der Waals surface area (Å²) in [5, 5.41) is 0. The van der Waals surface area contributed by atoms with Crippen LogP contribution in [0.2, 0.25) is 0 Å². The quantitative estimate of drug-likeness (QED) is 0.532. The molecule has 0 saturated heterocycles. The van der Waals surface area contributed by atoms with E-state index in [1.165, 1.54) is 0 Å². The molecular formula is C7H7CuI2NO. The molecule has 1 amide bonds. The first-order valence-corrected chi connectivity index (χ1v) is 8.96. The third kappa shape index (κ3) is 6.21. The minimum atomic E-state index is -0.379. The van der Waals surface area contributed by atoms with E-state index in [2.05, 4.69) is 40.7 Å². The number of amides is 1. The zero-order valence-corrected chi connectivity index (χ0v) is 11.2. The number of primary amides is 1. The number of carbonyl (C=O) groups is 1. The second kappa shape index (κ2) is 8.28. The van der Waals surface area contributed by atoms with Gasteiger partial charge in [-0.3, -0.25) is 4.79 Å². The molecule has 0 fully saturated rings. The van der Waals surface area contributed by atoms with Crippen LogP contribution in [0.1, 0.15) is 10.4 Å². The molecule has 2 N–H and O–H groups in total. The maximum absolute atomic E-state index is 10.4. The maximum atomic E-state index is 10.4. The number of carbonyl (C=O) groups excluding carboxylic acids is 1. The Hall–Kier alpha value is 0.669. The molecule has 1 rings (SSSR count). The van der Waals surface area contributed by atoms with E-state index >= 15 is 0 Å². The van der Waals surface area contributed by atoms with E-state index < -0.39 is 0 Å². The van der Waals surface area contributed by atoms with Crippen molar-refractivity contribution < 1.29 is 13.3 Å². The van der Waals surface area contributed by atoms with E-state index in [4.69, 9.17) is 5.73 Å². The fraction of sp³-hybridized carbons (Fsp3) is 0. The molecule has 12 heavy (non-hydrogen) atoms. The summed E-state index contributed by atoms with van der Waals surface area (Å²) in [6, 6.07) is 8.76. The Morgan fingerprint density at radius 1 is 1.25 bits per heavy atom. The summed E-state index contributed by atoms with van der Waals surface area (Å²) in [6.45, 7) is 0. The predicted molar refractivity (Wildman–Crippen MR) is 63.0 cm³/mol. The third-order valence-electron chi connectivity index (χ3n) is 1.06. The zero-order chi connectivity index (χ0) is 9.40. The van der Waals surface area contributed by atoms with E-state index in [9.17, 15) is 4.79 Å². The zero-order valence-electron chi connectivity index (χ0n) is 5.93. The fourth-order valence-electron chi connectivity index (χ4n) is 0.602. The van der Waals surface area contributed by atoms with Crippen molar-refractivity contribution in [2.24, 2.45) is 5.73 Å². The van der Waals surface area contributed by atoms with Crippen LogP contribution < -0.4 is 5.73 Å². The summed E-state index contributed by atoms with van der Waals surface area (Å²) in [6.07, 6.45) is 0. The molecule has 0 unspecified atom stereocenters. The fourth-order valence-corrected chi connectivity index (χ4v) is 0.602. The number of hydrogen-bond donors (Lipinski definition) is 1. The first-order chi connectivity index (χ1) is 5.72. The van der Waals surface area contributed by atoms with Crippen LogP contribution in [0.15, 0.2) is 30.3 Å². The van der Waals surface area contributed by atoms with Crippen molar-refractivity contribution in [2.45, 2.75) is 0 Å². The van der Waals surface area contributed by atoms with E-state index in [-0.39, 0.29) is 5.91 Å². The van der Waals surface area contributed by atoms with E-state index in [1.54, 1.807) is 32.7 Å². The molecule has 0 saturated carbocycles. The topological polar surface area (TPSA) is 43.1 Å². The SMILES string of the molecule is NC(=O)c1ccccc1.[I][Cu][I]. The predicted octanol–water partition coefficient (Wildman–Crippen LogP) is 2.55. The van der Waals surface area contributed by atoms with Gasteiger partial charge in [0.2, 0.25) is 5.91 Å². The van der Waals surface area contributed by atoms with Gasteiger partial charge in [-0.05, 0) is 12.1 Å². The molecule has 0 radical (unpaired) electrons. The van der Waals surface area contributed by atoms with Crippen molar-refractivity contribution >= 4 is 46.6 Å². The van der Waals surface area contributed by atoms with E-state index in [0.717, 1.165) is 0 Å². The van der Waals surface area contributed by atoms with Gasteiger partial charge in [-0.25, -0.2) is 0 Å². The summed E-state index contributed by atoms with van der Waals surface area (Å²) in [5.74, 6) is -0.379. The van der Waals surface area contributed by atoms with Gasteiger partial charge in [0.1, 0.15) is 0 Å². The molecule has 0 aliphatic rings. The van der Waals surface area contributed by atoms with Crippen LogP contribution in [0.5, 0.6) is 0 Å². The summed E-state index contributed by atoms with van der Waals surface area (Å²) in [7, 11) is 1.75. The van der Waals surface area contributed by atoms with Crippen LogP contribution in [0.4, 0.5) is 0 Å². The molecule has 5 heteroatoms. The number of rotatable bonds is 1. The van der Waals surface area contributed by atoms with Gasteiger partial charge in [0.05, 0.1) is 0 Å². The Bertz CT molecular complexity index is 230. The van der Waals surface area contributed by atoms with Crippen LogP contribution >= 0.6 is 40.7 Å². The molecule has 0 aromatic heterocycles. The van der Waals surface area contributed by atoms with Crippen molar-refractivity contribution in [2.75, 3.05) is 0 Å². The molecule has 71 valence electrons. The normalized spacial score (nSPS) is 8.50. The van der Waals surface area contributed by atoms with Gasteiger partial charge in [-0.1, -0.05) is 18.2 Å². The van der Waals surface area contributed by atoms with Gasteiger partial charge < -0.3 is 5.73 Å². The second-order valence-electron chi connectivity index (χ2n) is 1.77. The Morgan fingerprint density at radius 3 is 1.92 bits per heavy atom. The number of hydrogen-bond acceptors (Lipinski definition) is 1. The first-order valence-electron chi connectivity index (χ1n) is 2.88. The number of halogens is 2.